The number of aliphatic hydroxyl groups excluding tert-OH is 1. The summed E-state index contributed by atoms with van der Waals surface area (Å²) >= 11 is 0. The molecule has 0 amide bonds. The van der Waals surface area contributed by atoms with Crippen LogP contribution in [0.4, 0.5) is 0 Å². The van der Waals surface area contributed by atoms with Crippen molar-refractivity contribution in [1.29, 1.82) is 0 Å². The van der Waals surface area contributed by atoms with Crippen LogP contribution in [-0.4, -0.2) is 59.8 Å². The number of rotatable bonds is 1. The van der Waals surface area contributed by atoms with Gasteiger partial charge in [-0.15, -0.1) is 0 Å². The van der Waals surface area contributed by atoms with Crippen LogP contribution in [0.15, 0.2) is 0 Å². The average Bonchev–Trinajstić information content (AvgIpc) is 2.43. The molecule has 2 heterocycles. The van der Waals surface area contributed by atoms with Gasteiger partial charge in [0.05, 0.1) is 6.10 Å². The lowest BCUT2D eigenvalue weighted by Crippen LogP contribution is -2.44. The second kappa shape index (κ2) is 4.89. The zero-order valence-corrected chi connectivity index (χ0v) is 9.24. The molecular formula is C8H16N2OS2. The van der Waals surface area contributed by atoms with E-state index in [-0.39, 0.29) is 6.10 Å². The molecule has 3 nitrogen and oxygen atoms in total. The van der Waals surface area contributed by atoms with E-state index in [2.05, 4.69) is 10.2 Å². The van der Waals surface area contributed by atoms with Gasteiger partial charge in [-0.3, -0.25) is 4.90 Å². The first-order valence-corrected chi connectivity index (χ1v) is 7.24. The standard InChI is InChI=1S/C8H16N2OS2/c11-8-6-9-5-7(8)10-1-3-12-13-4-2-10/h7-9,11H,1-6H2. The maximum atomic E-state index is 9.72. The van der Waals surface area contributed by atoms with Gasteiger partial charge in [0.25, 0.3) is 0 Å². The van der Waals surface area contributed by atoms with Crippen molar-refractivity contribution in [3.63, 3.8) is 0 Å². The van der Waals surface area contributed by atoms with E-state index < -0.39 is 0 Å². The second-order valence-electron chi connectivity index (χ2n) is 3.47. The molecular weight excluding hydrogens is 204 g/mol. The third kappa shape index (κ3) is 2.53. The summed E-state index contributed by atoms with van der Waals surface area (Å²) in [4.78, 5) is 2.43. The van der Waals surface area contributed by atoms with Gasteiger partial charge >= 0.3 is 0 Å². The number of nitrogens with zero attached hydrogens (tertiary/aromatic N) is 1. The van der Waals surface area contributed by atoms with Crippen molar-refractivity contribution >= 4 is 21.6 Å². The Bertz CT molecular complexity index is 162. The molecule has 76 valence electrons. The maximum Gasteiger partial charge on any atom is 0.0831 e. The maximum absolute atomic E-state index is 9.72. The summed E-state index contributed by atoms with van der Waals surface area (Å²) in [5.74, 6) is 2.38. The van der Waals surface area contributed by atoms with Gasteiger partial charge in [0.15, 0.2) is 0 Å². The Labute approximate surface area is 87.0 Å². The van der Waals surface area contributed by atoms with Gasteiger partial charge in [0, 0.05) is 43.7 Å². The lowest BCUT2D eigenvalue weighted by Gasteiger charge is -2.28. The predicted octanol–water partition coefficient (Wildman–Crippen LogP) is 0.0161. The molecule has 5 heteroatoms. The lowest BCUT2D eigenvalue weighted by atomic mass is 10.2. The number of hydrogen-bond donors (Lipinski definition) is 2. The van der Waals surface area contributed by atoms with Crippen molar-refractivity contribution in [1.82, 2.24) is 10.2 Å². The van der Waals surface area contributed by atoms with Crippen LogP contribution in [-0.2, 0) is 0 Å². The van der Waals surface area contributed by atoms with Crippen LogP contribution in [0.5, 0.6) is 0 Å². The minimum Gasteiger partial charge on any atom is -0.390 e. The van der Waals surface area contributed by atoms with E-state index in [0.29, 0.717) is 6.04 Å². The highest BCUT2D eigenvalue weighted by Gasteiger charge is 2.30. The van der Waals surface area contributed by atoms with E-state index in [1.54, 1.807) is 0 Å². The van der Waals surface area contributed by atoms with E-state index in [1.165, 1.54) is 11.5 Å². The van der Waals surface area contributed by atoms with Gasteiger partial charge in [0.1, 0.15) is 0 Å². The fourth-order valence-corrected chi connectivity index (χ4v) is 3.90. The number of β-amino-alcohol motifs (C(OH)–C–C–N with tert-alkyl or cyclic N) is 1. The molecule has 0 aromatic rings. The second-order valence-corrected chi connectivity index (χ2v) is 6.17. The fourth-order valence-electron chi connectivity index (χ4n) is 1.89. The van der Waals surface area contributed by atoms with Crippen LogP contribution in [0.25, 0.3) is 0 Å². The molecule has 0 aromatic carbocycles. The summed E-state index contributed by atoms with van der Waals surface area (Å²) in [5.41, 5.74) is 0. The molecule has 2 fully saturated rings. The largest absolute Gasteiger partial charge is 0.390 e. The van der Waals surface area contributed by atoms with Crippen LogP contribution < -0.4 is 5.32 Å². The third-order valence-corrected chi connectivity index (χ3v) is 4.99. The van der Waals surface area contributed by atoms with Crippen LogP contribution >= 0.6 is 21.6 Å². The number of hydrogen-bond acceptors (Lipinski definition) is 5. The fraction of sp³-hybridized carbons (Fsp3) is 1.00. The Kier molecular flexibility index (Phi) is 3.80. The molecule has 2 aliphatic rings. The average molecular weight is 220 g/mol. The van der Waals surface area contributed by atoms with E-state index in [4.69, 9.17) is 0 Å². The zero-order valence-electron chi connectivity index (χ0n) is 7.61. The van der Waals surface area contributed by atoms with E-state index in [9.17, 15) is 5.11 Å². The zero-order chi connectivity index (χ0) is 9.10. The van der Waals surface area contributed by atoms with Crippen molar-refractivity contribution in [2.45, 2.75) is 12.1 Å². The highest BCUT2D eigenvalue weighted by molar-refractivity contribution is 8.76. The lowest BCUT2D eigenvalue weighted by molar-refractivity contribution is 0.0916. The first-order chi connectivity index (χ1) is 6.38. The molecule has 13 heavy (non-hydrogen) atoms. The molecule has 2 atom stereocenters. The summed E-state index contributed by atoms with van der Waals surface area (Å²) in [6.45, 7) is 3.97. The van der Waals surface area contributed by atoms with Crippen molar-refractivity contribution in [2.24, 2.45) is 0 Å². The SMILES string of the molecule is OC1CNCC1N1CCSSCC1. The number of aliphatic hydroxyl groups is 1. The summed E-state index contributed by atoms with van der Waals surface area (Å²) in [6.07, 6.45) is -0.159. The minimum absolute atomic E-state index is 0.159. The van der Waals surface area contributed by atoms with Crippen LogP contribution in [0.2, 0.25) is 0 Å². The normalized spacial score (nSPS) is 37.6. The smallest absolute Gasteiger partial charge is 0.0831 e. The van der Waals surface area contributed by atoms with Crippen LogP contribution in [0.3, 0.4) is 0 Å². The molecule has 0 aliphatic carbocycles. The molecule has 0 saturated carbocycles. The summed E-state index contributed by atoms with van der Waals surface area (Å²) in [6, 6.07) is 0.360. The third-order valence-electron chi connectivity index (χ3n) is 2.63. The monoisotopic (exact) mass is 220 g/mol. The Hall–Kier alpha value is 0.580. The Morgan fingerprint density at radius 3 is 2.38 bits per heavy atom. The van der Waals surface area contributed by atoms with Crippen LogP contribution in [0, 0.1) is 0 Å². The first kappa shape index (κ1) is 10.1. The highest BCUT2D eigenvalue weighted by Crippen LogP contribution is 2.25. The van der Waals surface area contributed by atoms with Gasteiger partial charge in [-0.1, -0.05) is 21.6 Å². The van der Waals surface area contributed by atoms with Gasteiger partial charge in [0.2, 0.25) is 0 Å². The van der Waals surface area contributed by atoms with Gasteiger partial charge < -0.3 is 10.4 Å². The van der Waals surface area contributed by atoms with Gasteiger partial charge in [-0.05, 0) is 0 Å². The van der Waals surface area contributed by atoms with Crippen molar-refractivity contribution in [2.75, 3.05) is 37.7 Å². The first-order valence-electron chi connectivity index (χ1n) is 4.75. The highest BCUT2D eigenvalue weighted by atomic mass is 33.1. The molecule has 0 bridgehead atoms. The Morgan fingerprint density at radius 1 is 1.15 bits per heavy atom. The Morgan fingerprint density at radius 2 is 1.85 bits per heavy atom. The van der Waals surface area contributed by atoms with Crippen molar-refractivity contribution in [3.8, 4) is 0 Å². The molecule has 0 spiro atoms. The predicted molar refractivity (Wildman–Crippen MR) is 59.2 cm³/mol. The molecule has 0 aromatic heterocycles. The van der Waals surface area contributed by atoms with E-state index in [1.807, 2.05) is 21.6 Å². The quantitative estimate of drug-likeness (QED) is 0.609. The molecule has 2 aliphatic heterocycles. The number of nitrogens with one attached hydrogen (secondary N) is 1. The van der Waals surface area contributed by atoms with E-state index >= 15 is 0 Å². The van der Waals surface area contributed by atoms with Crippen molar-refractivity contribution in [3.05, 3.63) is 0 Å². The topological polar surface area (TPSA) is 35.5 Å². The Balaban J connectivity index is 1.89. The summed E-state index contributed by atoms with van der Waals surface area (Å²) in [5, 5.41) is 12.9. The molecule has 0 radical (unpaired) electrons. The summed E-state index contributed by atoms with van der Waals surface area (Å²) < 4.78 is 0. The van der Waals surface area contributed by atoms with E-state index in [0.717, 1.165) is 26.2 Å². The summed E-state index contributed by atoms with van der Waals surface area (Å²) in [7, 11) is 3.90. The molecule has 2 saturated heterocycles. The molecule has 2 N–H and O–H groups in total. The van der Waals surface area contributed by atoms with Gasteiger partial charge in [-0.25, -0.2) is 0 Å². The molecule has 2 unspecified atom stereocenters. The molecule has 2 rings (SSSR count). The van der Waals surface area contributed by atoms with Crippen molar-refractivity contribution < 1.29 is 5.11 Å². The van der Waals surface area contributed by atoms with Crippen LogP contribution in [0.1, 0.15) is 0 Å². The minimum atomic E-state index is -0.159. The van der Waals surface area contributed by atoms with Gasteiger partial charge in [-0.2, -0.15) is 0 Å².